The van der Waals surface area contributed by atoms with Gasteiger partial charge in [0.15, 0.2) is 5.82 Å². The highest BCUT2D eigenvalue weighted by molar-refractivity contribution is 5.77. The second-order valence-electron chi connectivity index (χ2n) is 8.23. The van der Waals surface area contributed by atoms with Crippen LogP contribution in [0.1, 0.15) is 23.6 Å². The molecule has 0 N–H and O–H groups in total. The summed E-state index contributed by atoms with van der Waals surface area (Å²) < 4.78 is 101. The topological polar surface area (TPSA) is 39.9 Å². The van der Waals surface area contributed by atoms with E-state index < -0.39 is 34.9 Å². The summed E-state index contributed by atoms with van der Waals surface area (Å²) in [5.41, 5.74) is -1.99. The Labute approximate surface area is 213 Å². The normalized spacial score (nSPS) is 13.3. The second-order valence-corrected chi connectivity index (χ2v) is 8.23. The molecule has 0 saturated carbocycles. The van der Waals surface area contributed by atoms with Gasteiger partial charge in [0.2, 0.25) is 0 Å². The Morgan fingerprint density at radius 3 is 2.29 bits per heavy atom. The molecule has 2 aromatic carbocycles. The minimum atomic E-state index is -5.02. The minimum absolute atomic E-state index is 0.0273. The van der Waals surface area contributed by atoms with Gasteiger partial charge in [-0.25, -0.2) is 14.4 Å². The van der Waals surface area contributed by atoms with Gasteiger partial charge in [-0.05, 0) is 54.5 Å². The van der Waals surface area contributed by atoms with Gasteiger partial charge in [-0.15, -0.1) is 0 Å². The summed E-state index contributed by atoms with van der Waals surface area (Å²) in [7, 11) is 1.33. The lowest BCUT2D eigenvalue weighted by atomic mass is 9.96. The van der Waals surface area contributed by atoms with Crippen LogP contribution in [0, 0.1) is 5.82 Å². The van der Waals surface area contributed by atoms with Gasteiger partial charge in [0.05, 0.1) is 36.0 Å². The van der Waals surface area contributed by atoms with E-state index in [1.54, 1.807) is 41.2 Å². The average molecular weight is 535 g/mol. The highest BCUT2D eigenvalue weighted by Crippen LogP contribution is 2.40. The van der Waals surface area contributed by atoms with E-state index in [1.807, 2.05) is 0 Å². The number of ether oxygens (including phenoxy) is 1. The zero-order chi connectivity index (χ0) is 27.7. The first-order valence-electron chi connectivity index (χ1n) is 11.2. The lowest BCUT2D eigenvalue weighted by Gasteiger charge is -2.17. The van der Waals surface area contributed by atoms with Crippen molar-refractivity contribution in [1.29, 1.82) is 0 Å². The van der Waals surface area contributed by atoms with Gasteiger partial charge in [0, 0.05) is 12.4 Å². The molecule has 0 amide bonds. The fourth-order valence-corrected chi connectivity index (χ4v) is 3.86. The molecule has 0 spiro atoms. The molecule has 11 heteroatoms. The molecule has 2 heterocycles. The molecule has 198 valence electrons. The number of nitrogens with zero attached hydrogens (tertiary/aromatic N) is 3. The average Bonchev–Trinajstić information content (AvgIpc) is 3.28. The number of hydrogen-bond acceptors (Lipinski definition) is 3. The van der Waals surface area contributed by atoms with Crippen molar-refractivity contribution < 1.29 is 35.5 Å². The monoisotopic (exact) mass is 535 g/mol. The van der Waals surface area contributed by atoms with Crippen molar-refractivity contribution in [2.45, 2.75) is 25.8 Å². The Kier molecular flexibility index (Phi) is 7.30. The van der Waals surface area contributed by atoms with E-state index in [2.05, 4.69) is 9.97 Å². The summed E-state index contributed by atoms with van der Waals surface area (Å²) in [6.45, 7) is 1.54. The maximum absolute atomic E-state index is 14.1. The van der Waals surface area contributed by atoms with Gasteiger partial charge in [0.25, 0.3) is 0 Å². The standard InChI is InChI=1S/C27H20F7N3O/c1-3-16(19-9-8-17(26(29,30)31)13-21(19)27(32,33)34)12-18(38-2)14-37-11-10-23-24(15-37)36-25(35-23)20-6-4-5-7-22(20)28/h3-13,15H,14H2,1-2H3/b16-3?,18-12-. The van der Waals surface area contributed by atoms with Crippen molar-refractivity contribution in [3.8, 4) is 22.8 Å². The highest BCUT2D eigenvalue weighted by atomic mass is 19.4. The van der Waals surface area contributed by atoms with Gasteiger partial charge in [-0.2, -0.15) is 26.3 Å². The van der Waals surface area contributed by atoms with Crippen molar-refractivity contribution >= 4 is 5.57 Å². The van der Waals surface area contributed by atoms with E-state index in [-0.39, 0.29) is 35.3 Å². The third kappa shape index (κ3) is 5.71. The van der Waals surface area contributed by atoms with E-state index >= 15 is 0 Å². The number of allylic oxidation sites excluding steroid dienone is 4. The Morgan fingerprint density at radius 1 is 0.947 bits per heavy atom. The van der Waals surface area contributed by atoms with Crippen LogP contribution in [-0.4, -0.2) is 21.6 Å². The molecular weight excluding hydrogens is 515 g/mol. The van der Waals surface area contributed by atoms with E-state index in [0.717, 1.165) is 6.07 Å². The third-order valence-electron chi connectivity index (χ3n) is 5.73. The van der Waals surface area contributed by atoms with Crippen LogP contribution in [0.4, 0.5) is 30.7 Å². The number of benzene rings is 2. The smallest absolute Gasteiger partial charge is 0.417 e. The molecular formula is C27H20F7N3O. The van der Waals surface area contributed by atoms with Crippen LogP contribution >= 0.6 is 0 Å². The maximum Gasteiger partial charge on any atom is 0.417 e. The van der Waals surface area contributed by atoms with Crippen molar-refractivity contribution in [2.75, 3.05) is 7.11 Å². The van der Waals surface area contributed by atoms with Crippen LogP contribution in [0.5, 0.6) is 0 Å². The zero-order valence-electron chi connectivity index (χ0n) is 20.0. The number of rotatable bonds is 6. The number of imidazole rings is 1. The summed E-state index contributed by atoms with van der Waals surface area (Å²) in [5.74, 6) is -0.0403. The van der Waals surface area contributed by atoms with E-state index in [0.29, 0.717) is 17.5 Å². The second kappa shape index (κ2) is 10.3. The van der Waals surface area contributed by atoms with Crippen LogP contribution in [0.3, 0.4) is 0 Å². The van der Waals surface area contributed by atoms with Crippen LogP contribution in [0.15, 0.2) is 78.8 Å². The van der Waals surface area contributed by atoms with Gasteiger partial charge >= 0.3 is 12.4 Å². The molecule has 4 rings (SSSR count). The Balaban J connectivity index is 1.67. The zero-order valence-corrected chi connectivity index (χ0v) is 20.0. The molecule has 2 aliphatic heterocycles. The summed E-state index contributed by atoms with van der Waals surface area (Å²) >= 11 is 0. The number of hydrogen-bond donors (Lipinski definition) is 0. The number of halogens is 7. The van der Waals surface area contributed by atoms with Crippen molar-refractivity contribution in [3.63, 3.8) is 0 Å². The first kappa shape index (κ1) is 26.9. The van der Waals surface area contributed by atoms with E-state index in [9.17, 15) is 30.7 Å². The van der Waals surface area contributed by atoms with Crippen LogP contribution in [-0.2, 0) is 23.6 Å². The predicted molar refractivity (Wildman–Crippen MR) is 127 cm³/mol. The number of pyridine rings is 1. The first-order chi connectivity index (χ1) is 17.9. The van der Waals surface area contributed by atoms with Crippen LogP contribution in [0.25, 0.3) is 28.3 Å². The van der Waals surface area contributed by atoms with Crippen molar-refractivity contribution in [1.82, 2.24) is 14.5 Å². The van der Waals surface area contributed by atoms with Crippen molar-refractivity contribution in [3.05, 3.63) is 101 Å². The molecule has 0 aliphatic carbocycles. The Bertz CT molecular complexity index is 1480. The fraction of sp³-hybridized carbons (Fsp3) is 0.185. The molecule has 0 bridgehead atoms. The van der Waals surface area contributed by atoms with Gasteiger partial charge in [-0.3, -0.25) is 0 Å². The number of methoxy groups -OCH3 is 1. The molecule has 0 atom stereocenters. The summed E-state index contributed by atoms with van der Waals surface area (Å²) in [4.78, 5) is 8.70. The minimum Gasteiger partial charge on any atom is -0.499 e. The number of alkyl halides is 6. The van der Waals surface area contributed by atoms with E-state index in [4.69, 9.17) is 4.74 Å². The Morgan fingerprint density at radius 2 is 1.66 bits per heavy atom. The molecule has 38 heavy (non-hydrogen) atoms. The number of fused-ring (bicyclic) bond motifs is 1. The first-order valence-corrected chi connectivity index (χ1v) is 11.2. The molecule has 0 saturated heterocycles. The quantitative estimate of drug-likeness (QED) is 0.143. The largest absolute Gasteiger partial charge is 0.499 e. The Hall–Kier alpha value is -4.15. The SMILES string of the molecule is CC=C(/C=C(/Cn1ccc2nc(-c3ccccc3F)nc-2c1)OC)c1ccc(C(F)(F)F)cc1C(F)(F)F. The summed E-state index contributed by atoms with van der Waals surface area (Å²) in [5, 5.41) is 0. The molecule has 0 radical (unpaired) electrons. The lowest BCUT2D eigenvalue weighted by Crippen LogP contribution is -2.13. The van der Waals surface area contributed by atoms with Gasteiger partial charge in [-0.1, -0.05) is 24.3 Å². The molecule has 2 aromatic rings. The van der Waals surface area contributed by atoms with Crippen LogP contribution < -0.4 is 0 Å². The highest BCUT2D eigenvalue weighted by Gasteiger charge is 2.38. The third-order valence-corrected chi connectivity index (χ3v) is 5.73. The predicted octanol–water partition coefficient (Wildman–Crippen LogP) is 7.86. The summed E-state index contributed by atoms with van der Waals surface area (Å²) in [6, 6.07) is 9.22. The fourth-order valence-electron chi connectivity index (χ4n) is 3.86. The van der Waals surface area contributed by atoms with Crippen molar-refractivity contribution in [2.24, 2.45) is 0 Å². The van der Waals surface area contributed by atoms with E-state index in [1.165, 1.54) is 32.3 Å². The molecule has 0 unspecified atom stereocenters. The maximum atomic E-state index is 14.1. The van der Waals surface area contributed by atoms with Gasteiger partial charge in [0.1, 0.15) is 17.3 Å². The molecule has 0 aromatic heterocycles. The van der Waals surface area contributed by atoms with Gasteiger partial charge < -0.3 is 9.30 Å². The summed E-state index contributed by atoms with van der Waals surface area (Å²) in [6.07, 6.45) is -3.99. The molecule has 0 fully saturated rings. The number of aromatic nitrogens is 3. The lowest BCUT2D eigenvalue weighted by molar-refractivity contribution is -0.143. The molecule has 2 aliphatic rings. The molecule has 4 nitrogen and oxygen atoms in total. The van der Waals surface area contributed by atoms with Crippen LogP contribution in [0.2, 0.25) is 0 Å².